The van der Waals surface area contributed by atoms with Gasteiger partial charge in [-0.15, -0.1) is 0 Å². The minimum absolute atomic E-state index is 0.000799. The molecule has 0 atom stereocenters. The average Bonchev–Trinajstić information content (AvgIpc) is 3.12. The highest BCUT2D eigenvalue weighted by Crippen LogP contribution is 2.30. The predicted molar refractivity (Wildman–Crippen MR) is 140 cm³/mol. The van der Waals surface area contributed by atoms with E-state index in [0.717, 1.165) is 72.6 Å². The van der Waals surface area contributed by atoms with E-state index in [1.165, 1.54) is 25.7 Å². The number of amides is 2. The van der Waals surface area contributed by atoms with Gasteiger partial charge in [0.1, 0.15) is 5.82 Å². The van der Waals surface area contributed by atoms with Crippen LogP contribution in [0, 0.1) is 11.8 Å². The minimum Gasteiger partial charge on any atom is -0.349 e. The molecule has 1 heterocycles. The second-order valence-electron chi connectivity index (χ2n) is 10.5. The van der Waals surface area contributed by atoms with Crippen LogP contribution in [0.15, 0.2) is 42.5 Å². The van der Waals surface area contributed by atoms with E-state index in [1.54, 1.807) is 0 Å². The maximum atomic E-state index is 12.7. The molecular formula is C29H36N4O2. The van der Waals surface area contributed by atoms with Crippen LogP contribution in [0.4, 0.5) is 5.69 Å². The van der Waals surface area contributed by atoms with Gasteiger partial charge < -0.3 is 15.6 Å². The quantitative estimate of drug-likeness (QED) is 0.373. The molecule has 0 unspecified atom stereocenters. The van der Waals surface area contributed by atoms with Gasteiger partial charge >= 0.3 is 0 Å². The molecule has 2 fully saturated rings. The van der Waals surface area contributed by atoms with Gasteiger partial charge in [-0.2, -0.15) is 0 Å². The Morgan fingerprint density at radius 3 is 2.31 bits per heavy atom. The summed E-state index contributed by atoms with van der Waals surface area (Å²) >= 11 is 0. The van der Waals surface area contributed by atoms with Crippen molar-refractivity contribution in [3.05, 3.63) is 48.0 Å². The molecule has 6 heteroatoms. The molecule has 0 saturated heterocycles. The summed E-state index contributed by atoms with van der Waals surface area (Å²) in [6, 6.07) is 13.7. The molecule has 3 aromatic rings. The maximum absolute atomic E-state index is 12.7. The molecule has 2 aliphatic carbocycles. The summed E-state index contributed by atoms with van der Waals surface area (Å²) in [5.41, 5.74) is 4.12. The van der Waals surface area contributed by atoms with E-state index in [-0.39, 0.29) is 23.8 Å². The van der Waals surface area contributed by atoms with Gasteiger partial charge in [-0.05, 0) is 74.8 Å². The van der Waals surface area contributed by atoms with Gasteiger partial charge in [0, 0.05) is 28.8 Å². The third-order valence-corrected chi connectivity index (χ3v) is 7.75. The first-order valence-electron chi connectivity index (χ1n) is 13.3. The molecule has 0 aliphatic heterocycles. The molecular weight excluding hydrogens is 436 g/mol. The first kappa shape index (κ1) is 23.6. The smallest absolute Gasteiger partial charge is 0.251 e. The normalized spacial score (nSPS) is 21.4. The van der Waals surface area contributed by atoms with Gasteiger partial charge in [-0.1, -0.05) is 44.7 Å². The van der Waals surface area contributed by atoms with Gasteiger partial charge in [-0.25, -0.2) is 4.98 Å². The first-order chi connectivity index (χ1) is 17.0. The number of imidazole rings is 1. The summed E-state index contributed by atoms with van der Waals surface area (Å²) in [5.74, 6) is 1.70. The van der Waals surface area contributed by atoms with E-state index >= 15 is 0 Å². The highest BCUT2D eigenvalue weighted by Gasteiger charge is 2.24. The number of carbonyl (C=O) groups excluding carboxylic acids is 2. The highest BCUT2D eigenvalue weighted by atomic mass is 16.2. The summed E-state index contributed by atoms with van der Waals surface area (Å²) in [6.45, 7) is 2.26. The fourth-order valence-electron chi connectivity index (χ4n) is 5.46. The fraction of sp³-hybridized carbons (Fsp3) is 0.483. The number of hydrogen-bond donors (Lipinski definition) is 3. The lowest BCUT2D eigenvalue weighted by molar-refractivity contribution is -0.121. The van der Waals surface area contributed by atoms with Gasteiger partial charge in [0.2, 0.25) is 5.91 Å². The number of anilines is 1. The standard InChI is InChI=1S/C29H36N4O2/c1-19-8-10-21(11-9-19)29(35)31-24-16-17-25-26(18-24)33-27(32-25)20-12-14-22(15-13-20)28(34)30-23-6-4-2-3-5-7-23/h12-19,21,23H,2-11H2,1H3,(H,30,34)(H,31,35)(H,32,33). The molecule has 2 aromatic carbocycles. The molecule has 2 amide bonds. The van der Waals surface area contributed by atoms with Gasteiger partial charge in [-0.3, -0.25) is 9.59 Å². The number of aromatic nitrogens is 2. The van der Waals surface area contributed by atoms with Crippen LogP contribution < -0.4 is 10.6 Å². The Bertz CT molecular complexity index is 1170. The van der Waals surface area contributed by atoms with Crippen LogP contribution >= 0.6 is 0 Å². The Morgan fingerprint density at radius 1 is 0.886 bits per heavy atom. The second-order valence-corrected chi connectivity index (χ2v) is 10.5. The number of carbonyl (C=O) groups is 2. The Hall–Kier alpha value is -3.15. The van der Waals surface area contributed by atoms with Crippen LogP contribution in [0.1, 0.15) is 81.5 Å². The molecule has 3 N–H and O–H groups in total. The van der Waals surface area contributed by atoms with Crippen LogP contribution in [0.2, 0.25) is 0 Å². The SMILES string of the molecule is CC1CCC(C(=O)Nc2ccc3nc(-c4ccc(C(=O)NC5CCCCCC5)cc4)[nH]c3c2)CC1. The minimum atomic E-state index is 0.000799. The van der Waals surface area contributed by atoms with Crippen molar-refractivity contribution in [1.82, 2.24) is 15.3 Å². The summed E-state index contributed by atoms with van der Waals surface area (Å²) in [6.07, 6.45) is 11.3. The van der Waals surface area contributed by atoms with E-state index in [9.17, 15) is 9.59 Å². The van der Waals surface area contributed by atoms with Crippen molar-refractivity contribution in [2.45, 2.75) is 77.2 Å². The van der Waals surface area contributed by atoms with E-state index < -0.39 is 0 Å². The monoisotopic (exact) mass is 472 g/mol. The molecule has 35 heavy (non-hydrogen) atoms. The van der Waals surface area contributed by atoms with Crippen LogP contribution in [-0.4, -0.2) is 27.8 Å². The van der Waals surface area contributed by atoms with Crippen molar-refractivity contribution in [2.24, 2.45) is 11.8 Å². The lowest BCUT2D eigenvalue weighted by Crippen LogP contribution is -2.34. The number of aromatic amines is 1. The molecule has 0 bridgehead atoms. The zero-order chi connectivity index (χ0) is 24.2. The summed E-state index contributed by atoms with van der Waals surface area (Å²) in [5, 5.41) is 6.30. The number of nitrogens with one attached hydrogen (secondary N) is 3. The van der Waals surface area contributed by atoms with E-state index in [4.69, 9.17) is 4.98 Å². The number of hydrogen-bond acceptors (Lipinski definition) is 3. The van der Waals surface area contributed by atoms with Gasteiger partial charge in [0.05, 0.1) is 11.0 Å². The number of nitrogens with zero attached hydrogens (tertiary/aromatic N) is 1. The highest BCUT2D eigenvalue weighted by molar-refractivity contribution is 5.96. The second kappa shape index (κ2) is 10.6. The van der Waals surface area contributed by atoms with Crippen molar-refractivity contribution in [3.63, 3.8) is 0 Å². The van der Waals surface area contributed by atoms with E-state index in [0.29, 0.717) is 5.56 Å². The third-order valence-electron chi connectivity index (χ3n) is 7.75. The van der Waals surface area contributed by atoms with Crippen LogP contribution in [0.25, 0.3) is 22.4 Å². The average molecular weight is 473 g/mol. The van der Waals surface area contributed by atoms with Crippen LogP contribution in [-0.2, 0) is 4.79 Å². The molecule has 2 aliphatic rings. The van der Waals surface area contributed by atoms with Crippen molar-refractivity contribution in [3.8, 4) is 11.4 Å². The lowest BCUT2D eigenvalue weighted by Gasteiger charge is -2.25. The maximum Gasteiger partial charge on any atom is 0.251 e. The zero-order valence-electron chi connectivity index (χ0n) is 20.6. The fourth-order valence-corrected chi connectivity index (χ4v) is 5.46. The van der Waals surface area contributed by atoms with Gasteiger partial charge in [0.25, 0.3) is 5.91 Å². The van der Waals surface area contributed by atoms with Crippen molar-refractivity contribution in [2.75, 3.05) is 5.32 Å². The number of benzene rings is 2. The molecule has 1 aromatic heterocycles. The molecule has 0 spiro atoms. The van der Waals surface area contributed by atoms with Crippen LogP contribution in [0.5, 0.6) is 0 Å². The summed E-state index contributed by atoms with van der Waals surface area (Å²) in [4.78, 5) is 33.5. The Morgan fingerprint density at radius 2 is 1.60 bits per heavy atom. The van der Waals surface area contributed by atoms with Crippen molar-refractivity contribution < 1.29 is 9.59 Å². The van der Waals surface area contributed by atoms with Gasteiger partial charge in [0.15, 0.2) is 0 Å². The van der Waals surface area contributed by atoms with Crippen molar-refractivity contribution >= 4 is 28.5 Å². The Kier molecular flexibility index (Phi) is 7.16. The van der Waals surface area contributed by atoms with Crippen LogP contribution in [0.3, 0.4) is 0 Å². The van der Waals surface area contributed by atoms with E-state index in [1.807, 2.05) is 42.5 Å². The largest absolute Gasteiger partial charge is 0.349 e. The van der Waals surface area contributed by atoms with E-state index in [2.05, 4.69) is 22.5 Å². The summed E-state index contributed by atoms with van der Waals surface area (Å²) < 4.78 is 0. The molecule has 6 nitrogen and oxygen atoms in total. The lowest BCUT2D eigenvalue weighted by atomic mass is 9.82. The topological polar surface area (TPSA) is 86.9 Å². The Balaban J connectivity index is 1.24. The zero-order valence-corrected chi connectivity index (χ0v) is 20.6. The first-order valence-corrected chi connectivity index (χ1v) is 13.3. The Labute approximate surface area is 207 Å². The third kappa shape index (κ3) is 5.75. The van der Waals surface area contributed by atoms with Crippen molar-refractivity contribution in [1.29, 1.82) is 0 Å². The number of fused-ring (bicyclic) bond motifs is 1. The molecule has 0 radical (unpaired) electrons. The predicted octanol–water partition coefficient (Wildman–Crippen LogP) is 6.45. The number of H-pyrrole nitrogens is 1. The number of rotatable bonds is 5. The summed E-state index contributed by atoms with van der Waals surface area (Å²) in [7, 11) is 0. The molecule has 5 rings (SSSR count). The molecule has 184 valence electrons. The molecule has 2 saturated carbocycles.